The Labute approximate surface area is 114 Å². The molecule has 0 aromatic heterocycles. The molecular weight excluding hydrogens is 248 g/mol. The molecule has 4 heteroatoms. The number of hydrogen-bond donors (Lipinski definition) is 1. The molecule has 1 aromatic carbocycles. The van der Waals surface area contributed by atoms with Crippen LogP contribution in [0.2, 0.25) is 5.02 Å². The summed E-state index contributed by atoms with van der Waals surface area (Å²) in [5.74, 6) is 0. The van der Waals surface area contributed by atoms with Gasteiger partial charge in [-0.05, 0) is 38.6 Å². The molecule has 1 heterocycles. The minimum absolute atomic E-state index is 0.194. The smallest absolute Gasteiger partial charge is 0.0604 e. The normalized spacial score (nSPS) is 25.5. The first-order valence-electron chi connectivity index (χ1n) is 6.37. The lowest BCUT2D eigenvalue weighted by Crippen LogP contribution is -2.57. The Kier molecular flexibility index (Phi) is 4.15. The maximum absolute atomic E-state index is 9.44. The topological polar surface area (TPSA) is 26.7 Å². The maximum atomic E-state index is 9.44. The Morgan fingerprint density at radius 3 is 2.78 bits per heavy atom. The molecule has 0 saturated carbocycles. The van der Waals surface area contributed by atoms with Gasteiger partial charge < -0.3 is 10.0 Å². The number of halogens is 1. The van der Waals surface area contributed by atoms with Gasteiger partial charge in [0.2, 0.25) is 0 Å². The largest absolute Gasteiger partial charge is 0.395 e. The van der Waals surface area contributed by atoms with Crippen molar-refractivity contribution in [3.63, 3.8) is 0 Å². The minimum atomic E-state index is 0.194. The van der Waals surface area contributed by atoms with Crippen LogP contribution in [-0.4, -0.2) is 48.8 Å². The van der Waals surface area contributed by atoms with Crippen molar-refractivity contribution in [1.29, 1.82) is 0 Å². The number of aliphatic hydroxyl groups excluding tert-OH is 1. The Morgan fingerprint density at radius 2 is 2.11 bits per heavy atom. The van der Waals surface area contributed by atoms with Crippen molar-refractivity contribution in [3.05, 3.63) is 28.8 Å². The molecule has 1 N–H and O–H groups in total. The Morgan fingerprint density at radius 1 is 1.39 bits per heavy atom. The fraction of sp³-hybridized carbons (Fsp3) is 0.571. The van der Waals surface area contributed by atoms with Gasteiger partial charge in [0.25, 0.3) is 0 Å². The highest BCUT2D eigenvalue weighted by Crippen LogP contribution is 2.30. The van der Waals surface area contributed by atoms with Gasteiger partial charge in [-0.25, -0.2) is 0 Å². The van der Waals surface area contributed by atoms with Gasteiger partial charge in [0.15, 0.2) is 0 Å². The molecule has 0 radical (unpaired) electrons. The molecule has 100 valence electrons. The highest BCUT2D eigenvalue weighted by molar-refractivity contribution is 6.31. The second kappa shape index (κ2) is 5.47. The summed E-state index contributed by atoms with van der Waals surface area (Å²) in [6.45, 7) is 6.26. The van der Waals surface area contributed by atoms with Crippen LogP contribution >= 0.6 is 11.6 Å². The van der Waals surface area contributed by atoms with Crippen LogP contribution in [0.4, 0.5) is 5.69 Å². The molecular formula is C14H21ClN2O. The third-order valence-corrected chi connectivity index (χ3v) is 4.28. The second-order valence-electron chi connectivity index (χ2n) is 5.16. The van der Waals surface area contributed by atoms with Crippen LogP contribution in [0.1, 0.15) is 12.5 Å². The Bertz CT molecular complexity index is 424. The van der Waals surface area contributed by atoms with Crippen molar-refractivity contribution in [3.8, 4) is 0 Å². The predicted octanol–water partition coefficient (Wildman–Crippen LogP) is 2.15. The third kappa shape index (κ3) is 2.48. The molecule has 1 aliphatic heterocycles. The molecule has 1 aromatic rings. The van der Waals surface area contributed by atoms with E-state index in [4.69, 9.17) is 11.6 Å². The van der Waals surface area contributed by atoms with Gasteiger partial charge in [-0.3, -0.25) is 4.90 Å². The van der Waals surface area contributed by atoms with E-state index in [0.29, 0.717) is 6.04 Å². The third-order valence-electron chi connectivity index (χ3n) is 3.87. The molecule has 2 atom stereocenters. The van der Waals surface area contributed by atoms with E-state index in [1.165, 1.54) is 5.69 Å². The van der Waals surface area contributed by atoms with E-state index in [2.05, 4.69) is 36.8 Å². The van der Waals surface area contributed by atoms with Crippen LogP contribution in [0.3, 0.4) is 0 Å². The zero-order valence-electron chi connectivity index (χ0n) is 11.2. The Balaban J connectivity index is 2.29. The van der Waals surface area contributed by atoms with E-state index in [0.717, 1.165) is 23.7 Å². The van der Waals surface area contributed by atoms with Crippen molar-refractivity contribution in [2.24, 2.45) is 0 Å². The first kappa shape index (κ1) is 13.7. The fourth-order valence-electron chi connectivity index (χ4n) is 2.65. The monoisotopic (exact) mass is 268 g/mol. The number of likely N-dealkylation sites (N-methyl/N-ethyl adjacent to an activating group) is 1. The lowest BCUT2D eigenvalue weighted by molar-refractivity contribution is 0.121. The molecule has 1 saturated heterocycles. The summed E-state index contributed by atoms with van der Waals surface area (Å²) in [5, 5.41) is 10.2. The van der Waals surface area contributed by atoms with Gasteiger partial charge >= 0.3 is 0 Å². The lowest BCUT2D eigenvalue weighted by Gasteiger charge is -2.45. The zero-order valence-corrected chi connectivity index (χ0v) is 12.0. The summed E-state index contributed by atoms with van der Waals surface area (Å²) in [4.78, 5) is 4.57. The molecule has 18 heavy (non-hydrogen) atoms. The Hall–Kier alpha value is -0.770. The average molecular weight is 269 g/mol. The number of aliphatic hydroxyl groups is 1. The van der Waals surface area contributed by atoms with Crippen LogP contribution in [0, 0.1) is 6.92 Å². The highest BCUT2D eigenvalue weighted by Gasteiger charge is 2.29. The van der Waals surface area contributed by atoms with Crippen LogP contribution in [0.25, 0.3) is 0 Å². The minimum Gasteiger partial charge on any atom is -0.395 e. The average Bonchev–Trinajstić information content (AvgIpc) is 2.34. The molecule has 2 unspecified atom stereocenters. The zero-order chi connectivity index (χ0) is 13.3. The van der Waals surface area contributed by atoms with Crippen molar-refractivity contribution in [2.45, 2.75) is 25.9 Å². The summed E-state index contributed by atoms with van der Waals surface area (Å²) in [7, 11) is 2.07. The number of rotatable bonds is 2. The molecule has 0 aliphatic carbocycles. The van der Waals surface area contributed by atoms with Gasteiger partial charge in [-0.1, -0.05) is 17.7 Å². The summed E-state index contributed by atoms with van der Waals surface area (Å²) in [6.07, 6.45) is 0. The molecule has 1 aliphatic rings. The number of benzene rings is 1. The number of piperazine rings is 1. The highest BCUT2D eigenvalue weighted by atomic mass is 35.5. The van der Waals surface area contributed by atoms with Gasteiger partial charge in [0, 0.05) is 29.8 Å². The summed E-state index contributed by atoms with van der Waals surface area (Å²) < 4.78 is 0. The summed E-state index contributed by atoms with van der Waals surface area (Å²) >= 11 is 6.19. The second-order valence-corrected chi connectivity index (χ2v) is 5.57. The number of hydrogen-bond acceptors (Lipinski definition) is 3. The predicted molar refractivity (Wildman–Crippen MR) is 76.5 cm³/mol. The molecule has 0 bridgehead atoms. The van der Waals surface area contributed by atoms with E-state index >= 15 is 0 Å². The van der Waals surface area contributed by atoms with Crippen molar-refractivity contribution in [1.82, 2.24) is 4.90 Å². The molecule has 3 nitrogen and oxygen atoms in total. The van der Waals surface area contributed by atoms with Gasteiger partial charge in [0.05, 0.1) is 12.6 Å². The van der Waals surface area contributed by atoms with E-state index in [-0.39, 0.29) is 12.6 Å². The quantitative estimate of drug-likeness (QED) is 0.890. The number of anilines is 1. The van der Waals surface area contributed by atoms with Crippen LogP contribution < -0.4 is 4.90 Å². The number of nitrogens with zero attached hydrogens (tertiary/aromatic N) is 2. The first-order chi connectivity index (χ1) is 8.54. The van der Waals surface area contributed by atoms with Crippen LogP contribution in [0.15, 0.2) is 18.2 Å². The summed E-state index contributed by atoms with van der Waals surface area (Å²) in [5.41, 5.74) is 2.30. The van der Waals surface area contributed by atoms with E-state index in [1.807, 2.05) is 12.1 Å². The molecule has 0 amide bonds. The van der Waals surface area contributed by atoms with E-state index < -0.39 is 0 Å². The van der Waals surface area contributed by atoms with E-state index in [9.17, 15) is 5.11 Å². The van der Waals surface area contributed by atoms with Crippen molar-refractivity contribution < 1.29 is 5.11 Å². The van der Waals surface area contributed by atoms with Crippen molar-refractivity contribution >= 4 is 17.3 Å². The van der Waals surface area contributed by atoms with Gasteiger partial charge in [-0.2, -0.15) is 0 Å². The molecule has 0 spiro atoms. The first-order valence-corrected chi connectivity index (χ1v) is 6.75. The SMILES string of the molecule is Cc1c(Cl)cccc1N1CC(CO)N(C)CC1C. The van der Waals surface area contributed by atoms with Crippen LogP contribution in [0.5, 0.6) is 0 Å². The lowest BCUT2D eigenvalue weighted by atomic mass is 10.1. The molecule has 1 fully saturated rings. The standard InChI is InChI=1S/C14H21ClN2O/c1-10-7-16(3)12(9-18)8-17(10)14-6-4-5-13(15)11(14)2/h4-6,10,12,18H,7-9H2,1-3H3. The van der Waals surface area contributed by atoms with Crippen molar-refractivity contribution in [2.75, 3.05) is 31.6 Å². The maximum Gasteiger partial charge on any atom is 0.0604 e. The van der Waals surface area contributed by atoms with Gasteiger partial charge in [0.1, 0.15) is 0 Å². The van der Waals surface area contributed by atoms with Crippen LogP contribution in [-0.2, 0) is 0 Å². The van der Waals surface area contributed by atoms with Gasteiger partial charge in [-0.15, -0.1) is 0 Å². The van der Waals surface area contributed by atoms with E-state index in [1.54, 1.807) is 0 Å². The fourth-order valence-corrected chi connectivity index (χ4v) is 2.82. The molecule has 2 rings (SSSR count). The summed E-state index contributed by atoms with van der Waals surface area (Å²) in [6, 6.07) is 6.64.